The van der Waals surface area contributed by atoms with Gasteiger partial charge in [0.2, 0.25) is 0 Å². The summed E-state index contributed by atoms with van der Waals surface area (Å²) in [5, 5.41) is 10.8. The van der Waals surface area contributed by atoms with Crippen LogP contribution in [0.5, 0.6) is 11.5 Å². The molecular formula is C23H26N4O3. The van der Waals surface area contributed by atoms with Crippen molar-refractivity contribution in [1.29, 1.82) is 0 Å². The van der Waals surface area contributed by atoms with Gasteiger partial charge in [0, 0.05) is 36.8 Å². The molecule has 30 heavy (non-hydrogen) atoms. The number of amides is 1. The van der Waals surface area contributed by atoms with Crippen molar-refractivity contribution in [2.45, 2.75) is 18.9 Å². The molecule has 0 spiro atoms. The molecule has 1 atom stereocenters. The predicted octanol–water partition coefficient (Wildman–Crippen LogP) is 3.49. The fraction of sp³-hybridized carbons (Fsp3) is 0.304. The highest BCUT2D eigenvalue weighted by Crippen LogP contribution is 2.25. The average Bonchev–Trinajstić information content (AvgIpc) is 3.30. The summed E-state index contributed by atoms with van der Waals surface area (Å²) in [4.78, 5) is 15.0. The average molecular weight is 406 g/mol. The highest BCUT2D eigenvalue weighted by molar-refractivity contribution is 5.95. The molecule has 4 rings (SSSR count). The predicted molar refractivity (Wildman–Crippen MR) is 116 cm³/mol. The van der Waals surface area contributed by atoms with E-state index in [9.17, 15) is 4.79 Å². The van der Waals surface area contributed by atoms with Crippen molar-refractivity contribution in [3.05, 3.63) is 60.2 Å². The van der Waals surface area contributed by atoms with Gasteiger partial charge in [0.05, 0.1) is 19.9 Å². The largest absolute Gasteiger partial charge is 0.497 e. The number of piperidine rings is 1. The molecule has 7 heteroatoms. The van der Waals surface area contributed by atoms with Crippen LogP contribution in [0.15, 0.2) is 54.6 Å². The number of hydrogen-bond donors (Lipinski definition) is 2. The van der Waals surface area contributed by atoms with E-state index in [4.69, 9.17) is 9.47 Å². The fourth-order valence-corrected chi connectivity index (χ4v) is 3.75. The van der Waals surface area contributed by atoms with Crippen LogP contribution >= 0.6 is 0 Å². The number of benzene rings is 2. The number of hydrogen-bond acceptors (Lipinski definition) is 5. The molecule has 1 fully saturated rings. The van der Waals surface area contributed by atoms with Crippen LogP contribution in [-0.4, -0.2) is 49.5 Å². The Hall–Kier alpha value is -3.48. The molecule has 0 saturated carbocycles. The van der Waals surface area contributed by atoms with Crippen molar-refractivity contribution in [2.75, 3.05) is 32.2 Å². The van der Waals surface area contributed by atoms with Crippen molar-refractivity contribution >= 4 is 11.7 Å². The first kappa shape index (κ1) is 19.8. The van der Waals surface area contributed by atoms with Gasteiger partial charge < -0.3 is 19.7 Å². The Morgan fingerprint density at radius 2 is 1.83 bits per heavy atom. The standard InChI is InChI=1S/C23H26N4O3/c1-29-19-11-17(12-20(13-19)30-2)23(28)24-18-9-6-10-27(15-18)22-14-21(25-26-22)16-7-4-3-5-8-16/h3-5,7-8,11-14,18H,6,9-10,15H2,1-2H3,(H,24,28)(H,25,26)/t18-/m1/s1. The zero-order chi connectivity index (χ0) is 20.9. The van der Waals surface area contributed by atoms with Crippen molar-refractivity contribution in [2.24, 2.45) is 0 Å². The number of aromatic nitrogens is 2. The molecule has 1 aliphatic heterocycles. The molecule has 1 aliphatic rings. The molecule has 2 heterocycles. The van der Waals surface area contributed by atoms with E-state index in [0.717, 1.165) is 36.5 Å². The Balaban J connectivity index is 1.43. The zero-order valence-electron chi connectivity index (χ0n) is 17.2. The third kappa shape index (κ3) is 4.40. The number of H-pyrrole nitrogens is 1. The lowest BCUT2D eigenvalue weighted by Gasteiger charge is -2.33. The highest BCUT2D eigenvalue weighted by Gasteiger charge is 2.24. The molecule has 3 aromatic rings. The smallest absolute Gasteiger partial charge is 0.251 e. The van der Waals surface area contributed by atoms with Crippen LogP contribution in [0.2, 0.25) is 0 Å². The Bertz CT molecular complexity index is 980. The minimum Gasteiger partial charge on any atom is -0.497 e. The summed E-state index contributed by atoms with van der Waals surface area (Å²) in [7, 11) is 3.14. The highest BCUT2D eigenvalue weighted by atomic mass is 16.5. The maximum Gasteiger partial charge on any atom is 0.251 e. The Morgan fingerprint density at radius 1 is 1.10 bits per heavy atom. The Kier molecular flexibility index (Phi) is 5.88. The van der Waals surface area contributed by atoms with Crippen LogP contribution in [-0.2, 0) is 0 Å². The van der Waals surface area contributed by atoms with Gasteiger partial charge in [-0.05, 0) is 30.5 Å². The van der Waals surface area contributed by atoms with Crippen molar-refractivity contribution in [1.82, 2.24) is 15.5 Å². The molecule has 0 bridgehead atoms. The lowest BCUT2D eigenvalue weighted by atomic mass is 10.0. The topological polar surface area (TPSA) is 79.5 Å². The van der Waals surface area contributed by atoms with E-state index in [0.29, 0.717) is 23.6 Å². The summed E-state index contributed by atoms with van der Waals surface area (Å²) in [5.41, 5.74) is 2.61. The number of carbonyl (C=O) groups is 1. The number of rotatable bonds is 6. The third-order valence-electron chi connectivity index (χ3n) is 5.34. The van der Waals surface area contributed by atoms with E-state index < -0.39 is 0 Å². The van der Waals surface area contributed by atoms with Crippen LogP contribution in [0.3, 0.4) is 0 Å². The van der Waals surface area contributed by atoms with E-state index in [1.54, 1.807) is 32.4 Å². The molecule has 0 unspecified atom stereocenters. The number of methoxy groups -OCH3 is 2. The molecule has 0 aliphatic carbocycles. The number of aromatic amines is 1. The van der Waals surface area contributed by atoms with Crippen LogP contribution < -0.4 is 19.7 Å². The first-order valence-corrected chi connectivity index (χ1v) is 10.1. The number of nitrogens with zero attached hydrogens (tertiary/aromatic N) is 2. The summed E-state index contributed by atoms with van der Waals surface area (Å²) >= 11 is 0. The van der Waals surface area contributed by atoms with Gasteiger partial charge in [0.25, 0.3) is 5.91 Å². The monoisotopic (exact) mass is 406 g/mol. The second kappa shape index (κ2) is 8.90. The quantitative estimate of drug-likeness (QED) is 0.655. The van der Waals surface area contributed by atoms with E-state index in [2.05, 4.69) is 38.6 Å². The first-order chi connectivity index (χ1) is 14.7. The molecule has 156 valence electrons. The molecule has 1 aromatic heterocycles. The Labute approximate surface area is 176 Å². The molecular weight excluding hydrogens is 380 g/mol. The minimum absolute atomic E-state index is 0.0420. The van der Waals surface area contributed by atoms with E-state index in [-0.39, 0.29) is 11.9 Å². The SMILES string of the molecule is COc1cc(OC)cc(C(=O)N[C@@H]2CCCN(c3cc(-c4ccccc4)[nH]n3)C2)c1. The number of ether oxygens (including phenoxy) is 2. The number of anilines is 1. The van der Waals surface area contributed by atoms with Gasteiger partial charge >= 0.3 is 0 Å². The lowest BCUT2D eigenvalue weighted by Crippen LogP contribution is -2.48. The van der Waals surface area contributed by atoms with Gasteiger partial charge in [0.1, 0.15) is 11.5 Å². The summed E-state index contributed by atoms with van der Waals surface area (Å²) in [6, 6.07) is 17.4. The maximum atomic E-state index is 12.8. The molecule has 2 N–H and O–H groups in total. The summed E-state index contributed by atoms with van der Waals surface area (Å²) in [6.07, 6.45) is 1.92. The van der Waals surface area contributed by atoms with Crippen molar-refractivity contribution < 1.29 is 14.3 Å². The molecule has 1 saturated heterocycles. The van der Waals surface area contributed by atoms with E-state index in [1.807, 2.05) is 18.2 Å². The third-order valence-corrected chi connectivity index (χ3v) is 5.34. The number of nitrogens with one attached hydrogen (secondary N) is 2. The van der Waals surface area contributed by atoms with Gasteiger partial charge in [-0.2, -0.15) is 5.10 Å². The molecule has 0 radical (unpaired) electrons. The van der Waals surface area contributed by atoms with Crippen molar-refractivity contribution in [3.8, 4) is 22.8 Å². The summed E-state index contributed by atoms with van der Waals surface area (Å²) < 4.78 is 10.5. The molecule has 7 nitrogen and oxygen atoms in total. The van der Waals surface area contributed by atoms with E-state index in [1.165, 1.54) is 0 Å². The van der Waals surface area contributed by atoms with Crippen LogP contribution in [0, 0.1) is 0 Å². The molecule has 1 amide bonds. The second-order valence-electron chi connectivity index (χ2n) is 7.37. The van der Waals surface area contributed by atoms with Crippen molar-refractivity contribution in [3.63, 3.8) is 0 Å². The number of carbonyl (C=O) groups excluding carboxylic acids is 1. The lowest BCUT2D eigenvalue weighted by molar-refractivity contribution is 0.0932. The van der Waals surface area contributed by atoms with Gasteiger partial charge in [-0.25, -0.2) is 0 Å². The zero-order valence-corrected chi connectivity index (χ0v) is 17.2. The van der Waals surface area contributed by atoms with Gasteiger partial charge in [-0.3, -0.25) is 9.89 Å². The van der Waals surface area contributed by atoms with Gasteiger partial charge in [-0.15, -0.1) is 0 Å². The summed E-state index contributed by atoms with van der Waals surface area (Å²) in [6.45, 7) is 1.63. The summed E-state index contributed by atoms with van der Waals surface area (Å²) in [5.74, 6) is 1.95. The normalized spacial score (nSPS) is 16.2. The Morgan fingerprint density at radius 3 is 2.53 bits per heavy atom. The minimum atomic E-state index is -0.133. The van der Waals surface area contributed by atoms with Crippen LogP contribution in [0.1, 0.15) is 23.2 Å². The first-order valence-electron chi connectivity index (χ1n) is 10.1. The second-order valence-corrected chi connectivity index (χ2v) is 7.37. The van der Waals surface area contributed by atoms with E-state index >= 15 is 0 Å². The van der Waals surface area contributed by atoms with Crippen LogP contribution in [0.25, 0.3) is 11.3 Å². The maximum absolute atomic E-state index is 12.8. The van der Waals surface area contributed by atoms with Crippen LogP contribution in [0.4, 0.5) is 5.82 Å². The fourth-order valence-electron chi connectivity index (χ4n) is 3.75. The molecule has 2 aromatic carbocycles. The van der Waals surface area contributed by atoms with Gasteiger partial charge in [0.15, 0.2) is 5.82 Å². The van der Waals surface area contributed by atoms with Gasteiger partial charge in [-0.1, -0.05) is 30.3 Å².